The summed E-state index contributed by atoms with van der Waals surface area (Å²) in [7, 11) is 3.48. The SMILES string of the molecule is CC[C@H](NC(=S)Nc1ccc(C(=O)N(C)C)cc1)c1ccc(C)cc1. The van der Waals surface area contributed by atoms with Gasteiger partial charge in [0.05, 0.1) is 6.04 Å². The highest BCUT2D eigenvalue weighted by atomic mass is 32.1. The Balaban J connectivity index is 1.99. The minimum absolute atomic E-state index is 0.0160. The molecule has 0 saturated heterocycles. The normalized spacial score (nSPS) is 11.5. The largest absolute Gasteiger partial charge is 0.356 e. The van der Waals surface area contributed by atoms with Crippen molar-refractivity contribution in [1.29, 1.82) is 0 Å². The van der Waals surface area contributed by atoms with E-state index < -0.39 is 0 Å². The number of aryl methyl sites for hydroxylation is 1. The highest BCUT2D eigenvalue weighted by Gasteiger charge is 2.11. The molecule has 0 heterocycles. The van der Waals surface area contributed by atoms with E-state index in [1.807, 2.05) is 12.1 Å². The number of carbonyl (C=O) groups excluding carboxylic acids is 1. The fourth-order valence-corrected chi connectivity index (χ4v) is 2.76. The molecule has 0 saturated carbocycles. The molecule has 2 aromatic rings. The maximum atomic E-state index is 11.9. The molecule has 0 aliphatic carbocycles. The second-order valence-corrected chi connectivity index (χ2v) is 6.66. The molecule has 1 atom stereocenters. The summed E-state index contributed by atoms with van der Waals surface area (Å²) in [5.41, 5.74) is 3.96. The second-order valence-electron chi connectivity index (χ2n) is 6.25. The Morgan fingerprint density at radius 1 is 1.08 bits per heavy atom. The zero-order valence-corrected chi connectivity index (χ0v) is 16.0. The Hall–Kier alpha value is -2.40. The molecule has 2 aromatic carbocycles. The molecule has 0 aliphatic heterocycles. The molecule has 0 spiro atoms. The van der Waals surface area contributed by atoms with Crippen molar-refractivity contribution < 1.29 is 4.79 Å². The number of hydrogen-bond donors (Lipinski definition) is 2. The quantitative estimate of drug-likeness (QED) is 0.792. The molecule has 0 unspecified atom stereocenters. The summed E-state index contributed by atoms with van der Waals surface area (Å²) < 4.78 is 0. The van der Waals surface area contributed by atoms with Gasteiger partial charge in [-0.25, -0.2) is 0 Å². The zero-order valence-electron chi connectivity index (χ0n) is 15.2. The van der Waals surface area contributed by atoms with E-state index in [1.165, 1.54) is 11.1 Å². The van der Waals surface area contributed by atoms with Crippen molar-refractivity contribution in [1.82, 2.24) is 10.2 Å². The van der Waals surface area contributed by atoms with Crippen LogP contribution in [0.2, 0.25) is 0 Å². The van der Waals surface area contributed by atoms with E-state index >= 15 is 0 Å². The summed E-state index contributed by atoms with van der Waals surface area (Å²) in [6.07, 6.45) is 0.932. The maximum absolute atomic E-state index is 11.9. The van der Waals surface area contributed by atoms with Crippen LogP contribution in [0.4, 0.5) is 5.69 Å². The molecule has 4 nitrogen and oxygen atoms in total. The van der Waals surface area contributed by atoms with Crippen LogP contribution in [0, 0.1) is 6.92 Å². The van der Waals surface area contributed by atoms with Gasteiger partial charge in [-0.2, -0.15) is 0 Å². The third-order valence-electron chi connectivity index (χ3n) is 3.99. The molecule has 0 aromatic heterocycles. The highest BCUT2D eigenvalue weighted by molar-refractivity contribution is 7.80. The predicted octanol–water partition coefficient (Wildman–Crippen LogP) is 4.13. The predicted molar refractivity (Wildman–Crippen MR) is 108 cm³/mol. The molecule has 132 valence electrons. The number of carbonyl (C=O) groups is 1. The number of nitrogens with one attached hydrogen (secondary N) is 2. The van der Waals surface area contributed by atoms with Crippen LogP contribution in [-0.2, 0) is 0 Å². The summed E-state index contributed by atoms with van der Waals surface area (Å²) in [4.78, 5) is 13.5. The summed E-state index contributed by atoms with van der Waals surface area (Å²) in [6, 6.07) is 15.9. The molecule has 0 bridgehead atoms. The van der Waals surface area contributed by atoms with E-state index in [0.29, 0.717) is 10.7 Å². The molecule has 2 N–H and O–H groups in total. The van der Waals surface area contributed by atoms with Gasteiger partial charge in [0, 0.05) is 25.3 Å². The Kier molecular flexibility index (Phi) is 6.53. The molecule has 5 heteroatoms. The van der Waals surface area contributed by atoms with E-state index in [4.69, 9.17) is 12.2 Å². The van der Waals surface area contributed by atoms with Gasteiger partial charge in [-0.1, -0.05) is 36.8 Å². The second kappa shape index (κ2) is 8.62. The lowest BCUT2D eigenvalue weighted by Gasteiger charge is -2.20. The van der Waals surface area contributed by atoms with Crippen LogP contribution < -0.4 is 10.6 Å². The van der Waals surface area contributed by atoms with Crippen LogP contribution in [0.5, 0.6) is 0 Å². The molecule has 0 fully saturated rings. The molecule has 0 radical (unpaired) electrons. The lowest BCUT2D eigenvalue weighted by molar-refractivity contribution is 0.0827. The Bertz CT molecular complexity index is 724. The molecule has 25 heavy (non-hydrogen) atoms. The summed E-state index contributed by atoms with van der Waals surface area (Å²) in [6.45, 7) is 4.21. The van der Waals surface area contributed by atoms with Crippen molar-refractivity contribution >= 4 is 28.9 Å². The number of benzene rings is 2. The van der Waals surface area contributed by atoms with Crippen LogP contribution >= 0.6 is 12.2 Å². The average molecular weight is 356 g/mol. The number of thiocarbonyl (C=S) groups is 1. The van der Waals surface area contributed by atoms with Gasteiger partial charge in [0.25, 0.3) is 5.91 Å². The van der Waals surface area contributed by atoms with Crippen LogP contribution in [0.25, 0.3) is 0 Å². The summed E-state index contributed by atoms with van der Waals surface area (Å²) in [5, 5.41) is 7.10. The zero-order chi connectivity index (χ0) is 18.4. The number of amides is 1. The first kappa shape index (κ1) is 18.9. The van der Waals surface area contributed by atoms with Gasteiger partial charge in [0.2, 0.25) is 0 Å². The van der Waals surface area contributed by atoms with Gasteiger partial charge < -0.3 is 15.5 Å². The van der Waals surface area contributed by atoms with E-state index in [1.54, 1.807) is 31.1 Å². The van der Waals surface area contributed by atoms with Crippen molar-refractivity contribution in [2.75, 3.05) is 19.4 Å². The molecule has 0 aliphatic rings. The van der Waals surface area contributed by atoms with Gasteiger partial charge in [0.1, 0.15) is 0 Å². The van der Waals surface area contributed by atoms with Crippen LogP contribution in [-0.4, -0.2) is 30.0 Å². The fourth-order valence-electron chi connectivity index (χ4n) is 2.50. The van der Waals surface area contributed by atoms with Crippen LogP contribution in [0.15, 0.2) is 48.5 Å². The maximum Gasteiger partial charge on any atom is 0.253 e. The molecular weight excluding hydrogens is 330 g/mol. The van der Waals surface area contributed by atoms with Crippen molar-refractivity contribution in [2.45, 2.75) is 26.3 Å². The lowest BCUT2D eigenvalue weighted by Crippen LogP contribution is -2.32. The standard InChI is InChI=1S/C20H25N3OS/c1-5-18(15-8-6-14(2)7-9-15)22-20(25)21-17-12-10-16(11-13-17)19(24)23(3)4/h6-13,18H,5H2,1-4H3,(H2,21,22,25)/t18-/m0/s1. The van der Waals surface area contributed by atoms with E-state index in [0.717, 1.165) is 12.1 Å². The Morgan fingerprint density at radius 3 is 2.20 bits per heavy atom. The first-order valence-electron chi connectivity index (χ1n) is 8.36. The topological polar surface area (TPSA) is 44.4 Å². The first-order chi connectivity index (χ1) is 11.9. The number of rotatable bonds is 5. The number of anilines is 1. The van der Waals surface area contributed by atoms with Crippen molar-refractivity contribution in [3.05, 3.63) is 65.2 Å². The van der Waals surface area contributed by atoms with Gasteiger partial charge >= 0.3 is 0 Å². The van der Waals surface area contributed by atoms with Crippen LogP contribution in [0.1, 0.15) is 40.9 Å². The Morgan fingerprint density at radius 2 is 1.68 bits per heavy atom. The fraction of sp³-hybridized carbons (Fsp3) is 0.300. The third-order valence-corrected chi connectivity index (χ3v) is 4.21. The van der Waals surface area contributed by atoms with Gasteiger partial charge in [-0.3, -0.25) is 4.79 Å². The summed E-state index contributed by atoms with van der Waals surface area (Å²) >= 11 is 5.43. The third kappa shape index (κ3) is 5.29. The summed E-state index contributed by atoms with van der Waals surface area (Å²) in [5.74, 6) is -0.0160. The number of nitrogens with zero attached hydrogens (tertiary/aromatic N) is 1. The molecule has 1 amide bonds. The van der Waals surface area contributed by atoms with Gasteiger partial charge in [-0.15, -0.1) is 0 Å². The van der Waals surface area contributed by atoms with Crippen LogP contribution in [0.3, 0.4) is 0 Å². The lowest BCUT2D eigenvalue weighted by atomic mass is 10.0. The minimum atomic E-state index is -0.0160. The molecule has 2 rings (SSSR count). The van der Waals surface area contributed by atoms with Gasteiger partial charge in [-0.05, 0) is 55.4 Å². The van der Waals surface area contributed by atoms with E-state index in [9.17, 15) is 4.79 Å². The first-order valence-corrected chi connectivity index (χ1v) is 8.77. The average Bonchev–Trinajstić information content (AvgIpc) is 2.60. The van der Waals surface area contributed by atoms with E-state index in [2.05, 4.69) is 48.7 Å². The molecular formula is C20H25N3OS. The minimum Gasteiger partial charge on any atom is -0.356 e. The smallest absolute Gasteiger partial charge is 0.253 e. The highest BCUT2D eigenvalue weighted by Crippen LogP contribution is 2.18. The van der Waals surface area contributed by atoms with Crippen molar-refractivity contribution in [3.63, 3.8) is 0 Å². The van der Waals surface area contributed by atoms with Crippen molar-refractivity contribution in [2.24, 2.45) is 0 Å². The van der Waals surface area contributed by atoms with Gasteiger partial charge in [0.15, 0.2) is 5.11 Å². The Labute approximate surface area is 155 Å². The monoisotopic (exact) mass is 355 g/mol. The van der Waals surface area contributed by atoms with E-state index in [-0.39, 0.29) is 11.9 Å². The van der Waals surface area contributed by atoms with Crippen molar-refractivity contribution in [3.8, 4) is 0 Å². The number of hydrogen-bond acceptors (Lipinski definition) is 2.